The van der Waals surface area contributed by atoms with Crippen molar-refractivity contribution in [1.29, 1.82) is 0 Å². The standard InChI is InChI=1S/C26H30O12/c1-17-9-11-21(15-19(17)3)23(27)33-37-35-25(29)31-13-7-5-6-8-14-32-26(30)36-38-34-24(28)22-12-10-18(2)20(4)16-22/h9-12,15-16H,5-8,13-14H2,1-4H3. The van der Waals surface area contributed by atoms with E-state index in [0.29, 0.717) is 25.7 Å². The van der Waals surface area contributed by atoms with E-state index < -0.39 is 24.2 Å². The van der Waals surface area contributed by atoms with Crippen LogP contribution in [0.3, 0.4) is 0 Å². The zero-order chi connectivity index (χ0) is 27.9. The van der Waals surface area contributed by atoms with E-state index in [0.717, 1.165) is 22.3 Å². The molecule has 0 atom stereocenters. The molecular weight excluding hydrogens is 504 g/mol. The molecule has 0 heterocycles. The number of rotatable bonds is 13. The Balaban J connectivity index is 1.43. The first-order valence-electron chi connectivity index (χ1n) is 11.8. The molecule has 206 valence electrons. The first kappa shape index (κ1) is 30.1. The van der Waals surface area contributed by atoms with Gasteiger partial charge in [-0.1, -0.05) is 12.1 Å². The van der Waals surface area contributed by atoms with Gasteiger partial charge < -0.3 is 9.47 Å². The first-order valence-corrected chi connectivity index (χ1v) is 11.8. The highest BCUT2D eigenvalue weighted by Gasteiger charge is 2.14. The molecule has 0 N–H and O–H groups in total. The quantitative estimate of drug-likeness (QED) is 0.139. The molecule has 12 nitrogen and oxygen atoms in total. The summed E-state index contributed by atoms with van der Waals surface area (Å²) in [7, 11) is 0. The Morgan fingerprint density at radius 2 is 0.921 bits per heavy atom. The summed E-state index contributed by atoms with van der Waals surface area (Å²) in [6.45, 7) is 7.55. The summed E-state index contributed by atoms with van der Waals surface area (Å²) >= 11 is 0. The van der Waals surface area contributed by atoms with Crippen molar-refractivity contribution in [3.63, 3.8) is 0 Å². The molecule has 2 aromatic rings. The molecule has 0 fully saturated rings. The Kier molecular flexibility index (Phi) is 12.5. The van der Waals surface area contributed by atoms with Gasteiger partial charge in [0.1, 0.15) is 0 Å². The van der Waals surface area contributed by atoms with Crippen molar-refractivity contribution in [1.82, 2.24) is 0 Å². The minimum Gasteiger partial charge on any atom is -0.432 e. The van der Waals surface area contributed by atoms with Gasteiger partial charge in [-0.25, -0.2) is 29.0 Å². The molecule has 2 rings (SSSR count). The summed E-state index contributed by atoms with van der Waals surface area (Å²) < 4.78 is 9.55. The second-order valence-electron chi connectivity index (χ2n) is 8.25. The summed E-state index contributed by atoms with van der Waals surface area (Å²) in [6, 6.07) is 9.85. The number of unbranched alkanes of at least 4 members (excludes halogenated alkanes) is 3. The van der Waals surface area contributed by atoms with Gasteiger partial charge in [-0.15, -0.1) is 0 Å². The molecule has 0 radical (unpaired) electrons. The minimum atomic E-state index is -1.16. The molecule has 38 heavy (non-hydrogen) atoms. The van der Waals surface area contributed by atoms with Crippen molar-refractivity contribution in [3.05, 3.63) is 69.8 Å². The third-order valence-corrected chi connectivity index (χ3v) is 5.39. The number of carbonyl (C=O) groups excluding carboxylic acids is 4. The van der Waals surface area contributed by atoms with Crippen LogP contribution in [0.4, 0.5) is 9.59 Å². The van der Waals surface area contributed by atoms with Crippen molar-refractivity contribution in [2.45, 2.75) is 53.4 Å². The van der Waals surface area contributed by atoms with Crippen molar-refractivity contribution >= 4 is 24.2 Å². The second-order valence-corrected chi connectivity index (χ2v) is 8.25. The maximum Gasteiger partial charge on any atom is 0.543 e. The van der Waals surface area contributed by atoms with Crippen molar-refractivity contribution < 1.29 is 58.3 Å². The Labute approximate surface area is 219 Å². The highest BCUT2D eigenvalue weighted by atomic mass is 17.5. The van der Waals surface area contributed by atoms with Crippen LogP contribution in [0.2, 0.25) is 0 Å². The van der Waals surface area contributed by atoms with E-state index in [2.05, 4.69) is 29.6 Å². The van der Waals surface area contributed by atoms with Gasteiger partial charge in [-0.2, -0.15) is 0 Å². The van der Waals surface area contributed by atoms with Gasteiger partial charge in [-0.05, 0) is 99.9 Å². The van der Waals surface area contributed by atoms with Crippen LogP contribution in [0.25, 0.3) is 0 Å². The van der Waals surface area contributed by atoms with E-state index >= 15 is 0 Å². The Morgan fingerprint density at radius 3 is 1.29 bits per heavy atom. The number of benzene rings is 2. The highest BCUT2D eigenvalue weighted by molar-refractivity contribution is 5.89. The summed E-state index contributed by atoms with van der Waals surface area (Å²) in [4.78, 5) is 63.8. The maximum atomic E-state index is 11.8. The van der Waals surface area contributed by atoms with Gasteiger partial charge in [0.05, 0.1) is 34.4 Å². The van der Waals surface area contributed by atoms with E-state index in [4.69, 9.17) is 9.47 Å². The van der Waals surface area contributed by atoms with Crippen molar-refractivity contribution in [2.24, 2.45) is 0 Å². The molecule has 12 heteroatoms. The van der Waals surface area contributed by atoms with Crippen molar-refractivity contribution in [3.8, 4) is 0 Å². The molecule has 0 aliphatic rings. The molecule has 0 aliphatic heterocycles. The highest BCUT2D eigenvalue weighted by Crippen LogP contribution is 2.12. The third-order valence-electron chi connectivity index (χ3n) is 5.39. The summed E-state index contributed by atoms with van der Waals surface area (Å²) in [6.07, 6.45) is -0.0279. The number of hydrogen-bond acceptors (Lipinski definition) is 12. The number of aryl methyl sites for hydroxylation is 4. The fourth-order valence-electron chi connectivity index (χ4n) is 2.90. The monoisotopic (exact) mass is 534 g/mol. The molecule has 0 saturated carbocycles. The molecule has 0 saturated heterocycles. The molecular formula is C26H30O12. The molecule has 0 amide bonds. The number of carbonyl (C=O) groups is 4. The minimum absolute atomic E-state index is 0.0376. The second kappa shape index (κ2) is 15.8. The van der Waals surface area contributed by atoms with Gasteiger partial charge in [0.2, 0.25) is 0 Å². The zero-order valence-corrected chi connectivity index (χ0v) is 21.6. The zero-order valence-electron chi connectivity index (χ0n) is 21.6. The predicted octanol–water partition coefficient (Wildman–Crippen LogP) is 5.49. The van der Waals surface area contributed by atoms with Crippen LogP contribution in [0.15, 0.2) is 36.4 Å². The van der Waals surface area contributed by atoms with E-state index in [9.17, 15) is 19.2 Å². The maximum absolute atomic E-state index is 11.8. The lowest BCUT2D eigenvalue weighted by Crippen LogP contribution is -2.13. The summed E-state index contributed by atoms with van der Waals surface area (Å²) in [5, 5.41) is 8.33. The fourth-order valence-corrected chi connectivity index (χ4v) is 2.90. The van der Waals surface area contributed by atoms with E-state index in [1.54, 1.807) is 36.4 Å². The van der Waals surface area contributed by atoms with E-state index in [1.807, 2.05) is 27.7 Å². The van der Waals surface area contributed by atoms with Gasteiger partial charge >= 0.3 is 24.2 Å². The van der Waals surface area contributed by atoms with Gasteiger partial charge in [0.15, 0.2) is 0 Å². The lowest BCUT2D eigenvalue weighted by atomic mass is 10.1. The average Bonchev–Trinajstić information content (AvgIpc) is 2.88. The van der Waals surface area contributed by atoms with Gasteiger partial charge in [-0.3, -0.25) is 9.78 Å². The lowest BCUT2D eigenvalue weighted by Gasteiger charge is -2.06. The predicted molar refractivity (Wildman–Crippen MR) is 128 cm³/mol. The van der Waals surface area contributed by atoms with Crippen molar-refractivity contribution in [2.75, 3.05) is 13.2 Å². The van der Waals surface area contributed by atoms with Crippen LogP contribution >= 0.6 is 0 Å². The summed E-state index contributed by atoms with van der Waals surface area (Å²) in [5.74, 6) is -1.64. The van der Waals surface area contributed by atoms with Crippen LogP contribution in [-0.2, 0) is 39.1 Å². The topological polar surface area (TPSA) is 142 Å². The average molecular weight is 535 g/mol. The van der Waals surface area contributed by atoms with Crippen LogP contribution in [0, 0.1) is 27.7 Å². The summed E-state index contributed by atoms with van der Waals surface area (Å²) in [5.41, 5.74) is 4.30. The van der Waals surface area contributed by atoms with Gasteiger partial charge in [0, 0.05) is 0 Å². The smallest absolute Gasteiger partial charge is 0.432 e. The van der Waals surface area contributed by atoms with Crippen LogP contribution in [0.5, 0.6) is 0 Å². The number of ether oxygens (including phenoxy) is 2. The molecule has 0 unspecified atom stereocenters. The van der Waals surface area contributed by atoms with Gasteiger partial charge in [0.25, 0.3) is 0 Å². The van der Waals surface area contributed by atoms with Crippen LogP contribution in [0.1, 0.15) is 68.7 Å². The number of hydrogen-bond donors (Lipinski definition) is 0. The molecule has 0 spiro atoms. The Morgan fingerprint density at radius 1 is 0.526 bits per heavy atom. The van der Waals surface area contributed by atoms with Crippen LogP contribution < -0.4 is 0 Å². The molecule has 0 aromatic heterocycles. The molecule has 2 aromatic carbocycles. The third kappa shape index (κ3) is 10.8. The lowest BCUT2D eigenvalue weighted by molar-refractivity contribution is -0.452. The largest absolute Gasteiger partial charge is 0.543 e. The fraction of sp³-hybridized carbons (Fsp3) is 0.385. The van der Waals surface area contributed by atoms with Crippen LogP contribution in [-0.4, -0.2) is 37.5 Å². The first-order chi connectivity index (χ1) is 18.2. The normalized spacial score (nSPS) is 10.3. The molecule has 0 aliphatic carbocycles. The SMILES string of the molecule is Cc1ccc(C(=O)OOOC(=O)OCCCCCCOC(=O)OOOC(=O)c2ccc(C)c(C)c2)cc1C. The Bertz CT molecular complexity index is 1020. The Hall–Kier alpha value is -4.16. The van der Waals surface area contributed by atoms with E-state index in [1.165, 1.54) is 0 Å². The van der Waals surface area contributed by atoms with E-state index in [-0.39, 0.29) is 24.3 Å². The molecule has 0 bridgehead atoms.